The van der Waals surface area contributed by atoms with E-state index in [0.717, 1.165) is 0 Å². The Bertz CT molecular complexity index is 170. The van der Waals surface area contributed by atoms with Gasteiger partial charge in [-0.25, -0.2) is 4.79 Å². The van der Waals surface area contributed by atoms with Crippen LogP contribution < -0.4 is 5.32 Å². The monoisotopic (exact) mass is 267 g/mol. The molecule has 0 aromatic rings. The predicted octanol–water partition coefficient (Wildman–Crippen LogP) is 2.37. The third-order valence-corrected chi connectivity index (χ3v) is 8.17. The predicted molar refractivity (Wildman–Crippen MR) is 61.1 cm³/mol. The van der Waals surface area contributed by atoms with Gasteiger partial charge >= 0.3 is 6.09 Å². The second-order valence-corrected chi connectivity index (χ2v) is 11.3. The first kappa shape index (κ1) is 13.0. The molecule has 0 fully saturated rings. The normalized spacial score (nSPS) is 13.6. The zero-order valence-corrected chi connectivity index (χ0v) is 11.3. The molecule has 0 aliphatic heterocycles. The maximum absolute atomic E-state index is 10.9. The van der Waals surface area contributed by atoms with E-state index in [4.69, 9.17) is 4.74 Å². The number of ether oxygens (including phenoxy) is 1. The Morgan fingerprint density at radius 2 is 2.08 bits per heavy atom. The van der Waals surface area contributed by atoms with Crippen molar-refractivity contribution in [3.05, 3.63) is 0 Å². The number of carbonyl (C=O) groups excluding carboxylic acids is 1. The highest BCUT2D eigenvalue weighted by atomic mass is 79.9. The van der Waals surface area contributed by atoms with E-state index in [9.17, 15) is 4.79 Å². The van der Waals surface area contributed by atoms with Crippen molar-refractivity contribution in [1.82, 2.24) is 5.32 Å². The van der Waals surface area contributed by atoms with Crippen LogP contribution in [0.25, 0.3) is 0 Å². The van der Waals surface area contributed by atoms with Crippen LogP contribution in [0.4, 0.5) is 4.79 Å². The first-order valence-electron chi connectivity index (χ1n) is 4.42. The summed E-state index contributed by atoms with van der Waals surface area (Å²) in [5.41, 5.74) is 0. The lowest BCUT2D eigenvalue weighted by Crippen LogP contribution is -2.42. The molecule has 0 saturated carbocycles. The fourth-order valence-electron chi connectivity index (χ4n) is 0.661. The quantitative estimate of drug-likeness (QED) is 0.628. The fraction of sp³-hybridized carbons (Fsp3) is 0.875. The number of hydrogen-bond donors (Lipinski definition) is 1. The Morgan fingerprint density at radius 3 is 2.46 bits per heavy atom. The summed E-state index contributed by atoms with van der Waals surface area (Å²) < 4.78 is 5.14. The van der Waals surface area contributed by atoms with Gasteiger partial charge in [-0.3, -0.25) is 0 Å². The Labute approximate surface area is 89.4 Å². The van der Waals surface area contributed by atoms with Crippen LogP contribution in [0.1, 0.15) is 6.92 Å². The minimum atomic E-state index is -1.20. The number of rotatable bonds is 4. The number of hydrogen-bond acceptors (Lipinski definition) is 2. The van der Waals surface area contributed by atoms with E-state index in [-0.39, 0.29) is 6.09 Å². The highest BCUT2D eigenvalue weighted by Crippen LogP contribution is 2.14. The van der Waals surface area contributed by atoms with Crippen LogP contribution >= 0.6 is 15.9 Å². The van der Waals surface area contributed by atoms with E-state index in [0.29, 0.717) is 17.6 Å². The molecule has 1 atom stereocenters. The Balaban J connectivity index is 3.70. The largest absolute Gasteiger partial charge is 0.450 e. The van der Waals surface area contributed by atoms with Gasteiger partial charge in [-0.15, -0.1) is 0 Å². The maximum Gasteiger partial charge on any atom is 0.407 e. The highest BCUT2D eigenvalue weighted by molar-refractivity contribution is 9.10. The SMILES string of the molecule is CCOC(=O)NC[C@H](Br)[Si](C)(C)C. The van der Waals surface area contributed by atoms with E-state index >= 15 is 0 Å². The first-order valence-corrected chi connectivity index (χ1v) is 8.92. The van der Waals surface area contributed by atoms with Crippen molar-refractivity contribution in [2.45, 2.75) is 31.0 Å². The van der Waals surface area contributed by atoms with E-state index in [1.54, 1.807) is 6.92 Å². The standard InChI is InChI=1S/C8H18BrNO2Si/c1-5-12-8(11)10-6-7(9)13(2,3)4/h7H,5-6H2,1-4H3,(H,10,11)/t7-/m1/s1. The molecular weight excluding hydrogens is 250 g/mol. The molecule has 78 valence electrons. The number of carbonyl (C=O) groups is 1. The number of amides is 1. The summed E-state index contributed by atoms with van der Waals surface area (Å²) in [6.07, 6.45) is -0.329. The molecule has 0 saturated heterocycles. The maximum atomic E-state index is 10.9. The summed E-state index contributed by atoms with van der Waals surface area (Å²) in [4.78, 5) is 10.9. The minimum absolute atomic E-state index is 0.329. The molecule has 0 bridgehead atoms. The zero-order valence-electron chi connectivity index (χ0n) is 8.69. The molecule has 0 aliphatic rings. The lowest BCUT2D eigenvalue weighted by Gasteiger charge is -2.23. The van der Waals surface area contributed by atoms with E-state index in [2.05, 4.69) is 40.9 Å². The molecule has 0 unspecified atom stereocenters. The fourth-order valence-corrected chi connectivity index (χ4v) is 1.54. The van der Waals surface area contributed by atoms with Crippen molar-refractivity contribution in [3.8, 4) is 0 Å². The summed E-state index contributed by atoms with van der Waals surface area (Å²) in [5.74, 6) is 0. The zero-order chi connectivity index (χ0) is 10.5. The highest BCUT2D eigenvalue weighted by Gasteiger charge is 2.24. The minimum Gasteiger partial charge on any atom is -0.450 e. The summed E-state index contributed by atoms with van der Waals surface area (Å²) >= 11 is 3.57. The third-order valence-electron chi connectivity index (χ3n) is 1.64. The summed E-state index contributed by atoms with van der Waals surface area (Å²) in [6, 6.07) is 0. The van der Waals surface area contributed by atoms with Crippen molar-refractivity contribution in [1.29, 1.82) is 0 Å². The van der Waals surface area contributed by atoms with Gasteiger partial charge in [0, 0.05) is 11.0 Å². The Kier molecular flexibility index (Phi) is 5.63. The molecular formula is C8H18BrNO2Si. The van der Waals surface area contributed by atoms with Crippen molar-refractivity contribution in [3.63, 3.8) is 0 Å². The summed E-state index contributed by atoms with van der Waals surface area (Å²) in [5, 5.41) is 2.72. The average molecular weight is 268 g/mol. The van der Waals surface area contributed by atoms with Gasteiger partial charge in [0.1, 0.15) is 0 Å². The van der Waals surface area contributed by atoms with Crippen LogP contribution in [0.3, 0.4) is 0 Å². The number of alkyl carbamates (subject to hydrolysis) is 1. The molecule has 0 rings (SSSR count). The van der Waals surface area contributed by atoms with Gasteiger partial charge in [0.2, 0.25) is 0 Å². The number of halogens is 1. The van der Waals surface area contributed by atoms with E-state index < -0.39 is 8.07 Å². The third kappa shape index (κ3) is 6.09. The van der Waals surface area contributed by atoms with Crippen LogP contribution in [-0.4, -0.2) is 31.8 Å². The molecule has 3 nitrogen and oxygen atoms in total. The van der Waals surface area contributed by atoms with Crippen LogP contribution in [0.2, 0.25) is 19.6 Å². The van der Waals surface area contributed by atoms with Gasteiger partial charge in [-0.05, 0) is 6.92 Å². The molecule has 13 heavy (non-hydrogen) atoms. The molecule has 0 aromatic heterocycles. The van der Waals surface area contributed by atoms with E-state index in [1.165, 1.54) is 0 Å². The summed E-state index contributed by atoms with van der Waals surface area (Å²) in [7, 11) is -1.20. The van der Waals surface area contributed by atoms with Crippen molar-refractivity contribution >= 4 is 30.1 Å². The van der Waals surface area contributed by atoms with Gasteiger partial charge in [0.15, 0.2) is 0 Å². The average Bonchev–Trinajstić information content (AvgIpc) is 1.99. The smallest absolute Gasteiger partial charge is 0.407 e. The van der Waals surface area contributed by atoms with Crippen molar-refractivity contribution in [2.75, 3.05) is 13.2 Å². The second kappa shape index (κ2) is 5.65. The van der Waals surface area contributed by atoms with Gasteiger partial charge < -0.3 is 10.1 Å². The van der Waals surface area contributed by atoms with Crippen LogP contribution in [0.15, 0.2) is 0 Å². The molecule has 1 amide bonds. The lowest BCUT2D eigenvalue weighted by atomic mass is 10.7. The summed E-state index contributed by atoms with van der Waals surface area (Å²) in [6.45, 7) is 9.61. The van der Waals surface area contributed by atoms with Gasteiger partial charge in [-0.1, -0.05) is 35.6 Å². The number of nitrogens with one attached hydrogen (secondary N) is 1. The number of alkyl halides is 1. The molecule has 0 aromatic carbocycles. The Hall–Kier alpha value is -0.0331. The second-order valence-electron chi connectivity index (χ2n) is 3.93. The van der Waals surface area contributed by atoms with Crippen molar-refractivity contribution in [2.24, 2.45) is 0 Å². The first-order chi connectivity index (χ1) is 5.88. The lowest BCUT2D eigenvalue weighted by molar-refractivity contribution is 0.152. The van der Waals surface area contributed by atoms with Crippen LogP contribution in [0, 0.1) is 0 Å². The van der Waals surface area contributed by atoms with Crippen molar-refractivity contribution < 1.29 is 9.53 Å². The molecule has 0 aliphatic carbocycles. The molecule has 0 heterocycles. The van der Waals surface area contributed by atoms with Gasteiger partial charge in [0.05, 0.1) is 14.7 Å². The Morgan fingerprint density at radius 1 is 1.54 bits per heavy atom. The van der Waals surface area contributed by atoms with Gasteiger partial charge in [-0.2, -0.15) is 0 Å². The molecule has 0 spiro atoms. The van der Waals surface area contributed by atoms with E-state index in [1.807, 2.05) is 0 Å². The van der Waals surface area contributed by atoms with Gasteiger partial charge in [0.25, 0.3) is 0 Å². The molecule has 5 heteroatoms. The molecule has 0 radical (unpaired) electrons. The topological polar surface area (TPSA) is 38.3 Å². The van der Waals surface area contributed by atoms with Crippen LogP contribution in [-0.2, 0) is 4.74 Å². The van der Waals surface area contributed by atoms with Crippen LogP contribution in [0.5, 0.6) is 0 Å². The molecule has 1 N–H and O–H groups in total.